The average Bonchev–Trinajstić information content (AvgIpc) is 3.24. The number of benzene rings is 6. The smallest absolute Gasteiger partial charge is 0.197 e. The van der Waals surface area contributed by atoms with Crippen LogP contribution in [0.5, 0.6) is 0 Å². The molecule has 0 saturated heterocycles. The number of hydrogen-bond acceptors (Lipinski definition) is 3. The molecule has 1 aliphatic heterocycles. The number of para-hydroxylation sites is 1. The van der Waals surface area contributed by atoms with Crippen LogP contribution in [0.2, 0.25) is 5.02 Å². The highest BCUT2D eigenvalue weighted by Gasteiger charge is 2.38. The van der Waals surface area contributed by atoms with Gasteiger partial charge in [-0.05, 0) is 98.9 Å². The van der Waals surface area contributed by atoms with E-state index in [-0.39, 0.29) is 22.6 Å². The number of anilines is 3. The van der Waals surface area contributed by atoms with E-state index in [1.165, 1.54) is 11.1 Å². The molecule has 0 saturated carbocycles. The monoisotopic (exact) mass is 575 g/mol. The molecule has 0 spiro atoms. The van der Waals surface area contributed by atoms with Gasteiger partial charge >= 0.3 is 0 Å². The normalized spacial score (nSPS) is 15.0. The Morgan fingerprint density at radius 3 is 2.00 bits per heavy atom. The van der Waals surface area contributed by atoms with E-state index in [0.29, 0.717) is 16.1 Å². The molecule has 0 N–H and O–H groups in total. The Hall–Kier alpha value is -4.99. The van der Waals surface area contributed by atoms with E-state index in [2.05, 4.69) is 79.4 Å². The minimum absolute atomic E-state index is 0.214. The molecule has 0 radical (unpaired) electrons. The van der Waals surface area contributed by atoms with E-state index in [9.17, 15) is 9.59 Å². The van der Waals surface area contributed by atoms with Crippen molar-refractivity contribution in [2.24, 2.45) is 0 Å². The first-order valence-electron chi connectivity index (χ1n) is 14.4. The van der Waals surface area contributed by atoms with Crippen molar-refractivity contribution in [3.63, 3.8) is 0 Å². The highest BCUT2D eigenvalue weighted by atomic mass is 35.5. The number of Topliss-reactive ketones (excluding diaryl/α,β-unsaturated/α-hetero) is 2. The molecular formula is C39H26ClNO2. The summed E-state index contributed by atoms with van der Waals surface area (Å²) in [6, 6.07) is 38.5. The van der Waals surface area contributed by atoms with Crippen LogP contribution in [0, 0.1) is 0 Å². The summed E-state index contributed by atoms with van der Waals surface area (Å²) in [5.74, 6) is -0.430. The molecule has 3 nitrogen and oxygen atoms in total. The topological polar surface area (TPSA) is 37.4 Å². The number of hydrogen-bond donors (Lipinski definition) is 0. The van der Waals surface area contributed by atoms with Crippen LogP contribution in [0.4, 0.5) is 17.1 Å². The first kappa shape index (κ1) is 25.7. The van der Waals surface area contributed by atoms with Crippen LogP contribution in [-0.4, -0.2) is 11.6 Å². The van der Waals surface area contributed by atoms with Gasteiger partial charge in [-0.2, -0.15) is 0 Å². The Bertz CT molecular complexity index is 2150. The SMILES string of the molecule is CC1(C)c2ccccc2N(c2ccc(Cl)cc2)c2ccc3cc(C=C4C(=O)c5cc6ccccc6cc5C4=O)ccc3c21. The van der Waals surface area contributed by atoms with Crippen molar-refractivity contribution in [2.45, 2.75) is 19.3 Å². The predicted octanol–water partition coefficient (Wildman–Crippen LogP) is 10.2. The molecule has 1 aliphatic carbocycles. The molecule has 0 unspecified atom stereocenters. The van der Waals surface area contributed by atoms with Crippen molar-refractivity contribution < 1.29 is 9.59 Å². The zero-order valence-corrected chi connectivity index (χ0v) is 24.4. The van der Waals surface area contributed by atoms with Crippen molar-refractivity contribution in [3.05, 3.63) is 154 Å². The fraction of sp³-hybridized carbons (Fsp3) is 0.0769. The van der Waals surface area contributed by atoms with Gasteiger partial charge in [0.15, 0.2) is 11.6 Å². The molecule has 8 rings (SSSR count). The maximum absolute atomic E-state index is 13.4. The lowest BCUT2D eigenvalue weighted by Gasteiger charge is -2.42. The van der Waals surface area contributed by atoms with Crippen LogP contribution < -0.4 is 4.90 Å². The first-order valence-corrected chi connectivity index (χ1v) is 14.8. The van der Waals surface area contributed by atoms with Crippen LogP contribution in [-0.2, 0) is 5.41 Å². The summed E-state index contributed by atoms with van der Waals surface area (Å²) >= 11 is 6.25. The fourth-order valence-electron chi connectivity index (χ4n) is 6.91. The largest absolute Gasteiger partial charge is 0.310 e. The van der Waals surface area contributed by atoms with Crippen LogP contribution >= 0.6 is 11.6 Å². The second-order valence-corrected chi connectivity index (χ2v) is 12.3. The highest BCUT2D eigenvalue weighted by Crippen LogP contribution is 2.54. The maximum atomic E-state index is 13.4. The predicted molar refractivity (Wildman–Crippen MR) is 176 cm³/mol. The number of allylic oxidation sites excluding steroid dienone is 1. The summed E-state index contributed by atoms with van der Waals surface area (Å²) in [5, 5.41) is 4.80. The quantitative estimate of drug-likeness (QED) is 0.152. The Labute approximate surface area is 254 Å². The van der Waals surface area contributed by atoms with Crippen LogP contribution in [0.1, 0.15) is 51.3 Å². The van der Waals surface area contributed by atoms with Crippen molar-refractivity contribution in [3.8, 4) is 0 Å². The standard InChI is InChI=1S/C39H26ClNO2/c1-39(2)33-9-5-6-10-34(33)41(28-15-13-27(40)14-16-28)35-18-12-26-19-23(11-17-29(26)36(35)39)20-32-37(42)30-21-24-7-3-4-8-25(24)22-31(30)38(32)43/h3-22H,1-2H3. The third kappa shape index (κ3) is 3.82. The molecule has 6 aromatic rings. The van der Waals surface area contributed by atoms with Gasteiger partial charge in [-0.3, -0.25) is 9.59 Å². The second-order valence-electron chi connectivity index (χ2n) is 11.9. The molecule has 43 heavy (non-hydrogen) atoms. The summed E-state index contributed by atoms with van der Waals surface area (Å²) in [6.07, 6.45) is 1.74. The lowest BCUT2D eigenvalue weighted by Crippen LogP contribution is -2.30. The van der Waals surface area contributed by atoms with E-state index in [0.717, 1.165) is 44.2 Å². The zero-order valence-electron chi connectivity index (χ0n) is 23.7. The van der Waals surface area contributed by atoms with Gasteiger partial charge in [-0.25, -0.2) is 0 Å². The molecule has 0 atom stereocenters. The number of ketones is 2. The molecular weight excluding hydrogens is 550 g/mol. The van der Waals surface area contributed by atoms with Gasteiger partial charge in [0.1, 0.15) is 0 Å². The van der Waals surface area contributed by atoms with E-state index in [1.807, 2.05) is 54.6 Å². The first-order chi connectivity index (χ1) is 20.8. The van der Waals surface area contributed by atoms with Gasteiger partial charge in [-0.1, -0.05) is 86.1 Å². The van der Waals surface area contributed by atoms with E-state index >= 15 is 0 Å². The number of fused-ring (bicyclic) bond motifs is 6. The number of carbonyl (C=O) groups is 2. The summed E-state index contributed by atoms with van der Waals surface area (Å²) < 4.78 is 0. The Balaban J connectivity index is 1.26. The summed E-state index contributed by atoms with van der Waals surface area (Å²) in [5.41, 5.74) is 7.50. The fourth-order valence-corrected chi connectivity index (χ4v) is 7.03. The average molecular weight is 576 g/mol. The molecule has 0 amide bonds. The van der Waals surface area contributed by atoms with Crippen molar-refractivity contribution >= 4 is 67.9 Å². The van der Waals surface area contributed by atoms with Gasteiger partial charge in [0.25, 0.3) is 0 Å². The van der Waals surface area contributed by atoms with Crippen LogP contribution in [0.15, 0.2) is 121 Å². The minimum atomic E-state index is -0.268. The molecule has 2 aliphatic rings. The Morgan fingerprint density at radius 1 is 0.651 bits per heavy atom. The number of rotatable bonds is 2. The number of halogens is 1. The van der Waals surface area contributed by atoms with E-state index in [4.69, 9.17) is 11.6 Å². The summed E-state index contributed by atoms with van der Waals surface area (Å²) in [6.45, 7) is 4.55. The van der Waals surface area contributed by atoms with Gasteiger partial charge in [0, 0.05) is 27.3 Å². The third-order valence-corrected chi connectivity index (χ3v) is 9.22. The van der Waals surface area contributed by atoms with Gasteiger partial charge in [0.05, 0.1) is 16.9 Å². The van der Waals surface area contributed by atoms with Crippen LogP contribution in [0.3, 0.4) is 0 Å². The van der Waals surface area contributed by atoms with Gasteiger partial charge in [-0.15, -0.1) is 0 Å². The van der Waals surface area contributed by atoms with E-state index < -0.39 is 0 Å². The molecule has 6 aromatic carbocycles. The number of carbonyl (C=O) groups excluding carboxylic acids is 2. The van der Waals surface area contributed by atoms with Crippen molar-refractivity contribution in [2.75, 3.05) is 4.90 Å². The highest BCUT2D eigenvalue weighted by molar-refractivity contribution is 6.42. The van der Waals surface area contributed by atoms with E-state index in [1.54, 1.807) is 6.08 Å². The van der Waals surface area contributed by atoms with Crippen molar-refractivity contribution in [1.82, 2.24) is 0 Å². The lowest BCUT2D eigenvalue weighted by atomic mass is 9.71. The zero-order chi connectivity index (χ0) is 29.5. The maximum Gasteiger partial charge on any atom is 0.197 e. The second kappa shape index (κ2) is 9.26. The molecule has 0 bridgehead atoms. The molecule has 0 aromatic heterocycles. The van der Waals surface area contributed by atoms with Gasteiger partial charge in [0.2, 0.25) is 0 Å². The molecule has 0 fully saturated rings. The number of nitrogens with zero attached hydrogens (tertiary/aromatic N) is 1. The minimum Gasteiger partial charge on any atom is -0.310 e. The Morgan fingerprint density at radius 2 is 1.30 bits per heavy atom. The van der Waals surface area contributed by atoms with Crippen molar-refractivity contribution in [1.29, 1.82) is 0 Å². The molecule has 4 heteroatoms. The molecule has 206 valence electrons. The summed E-state index contributed by atoms with van der Waals surface area (Å²) in [7, 11) is 0. The van der Waals surface area contributed by atoms with Crippen LogP contribution in [0.25, 0.3) is 27.6 Å². The lowest BCUT2D eigenvalue weighted by molar-refractivity contribution is 0.0990. The van der Waals surface area contributed by atoms with Gasteiger partial charge < -0.3 is 4.90 Å². The third-order valence-electron chi connectivity index (χ3n) is 8.97. The molecule has 1 heterocycles. The Kier molecular flexibility index (Phi) is 5.53. The summed E-state index contributed by atoms with van der Waals surface area (Å²) in [4.78, 5) is 29.1.